The summed E-state index contributed by atoms with van der Waals surface area (Å²) < 4.78 is 10.4. The molecule has 1 aliphatic carbocycles. The zero-order chi connectivity index (χ0) is 15.7. The predicted molar refractivity (Wildman–Crippen MR) is 75.7 cm³/mol. The van der Waals surface area contributed by atoms with Crippen molar-refractivity contribution in [1.82, 2.24) is 0 Å². The maximum atomic E-state index is 11.6. The number of hydrogen-bond acceptors (Lipinski definition) is 6. The van der Waals surface area contributed by atoms with Crippen molar-refractivity contribution in [3.8, 4) is 11.5 Å². The van der Waals surface area contributed by atoms with Gasteiger partial charge in [-0.3, -0.25) is 20.2 Å². The fourth-order valence-corrected chi connectivity index (χ4v) is 3.27. The third-order valence-electron chi connectivity index (χ3n) is 4.46. The Bertz CT molecular complexity index is 624. The molecule has 0 bridgehead atoms. The molecule has 8 heteroatoms. The van der Waals surface area contributed by atoms with Crippen LogP contribution in [0.2, 0.25) is 0 Å². The average molecular weight is 308 g/mol. The Morgan fingerprint density at radius 2 is 1.68 bits per heavy atom. The van der Waals surface area contributed by atoms with Crippen LogP contribution in [0.3, 0.4) is 0 Å². The Balaban J connectivity index is 1.99. The summed E-state index contributed by atoms with van der Waals surface area (Å²) in [5.74, 6) is 0.726. The van der Waals surface area contributed by atoms with E-state index in [4.69, 9.17) is 9.47 Å². The van der Waals surface area contributed by atoms with Gasteiger partial charge in [-0.1, -0.05) is 6.42 Å². The molecule has 0 saturated heterocycles. The number of nitro groups is 2. The predicted octanol–water partition coefficient (Wildman–Crippen LogP) is 2.85. The number of nitro benzene ring substituents is 1. The van der Waals surface area contributed by atoms with Gasteiger partial charge >= 0.3 is 0 Å². The molecule has 1 aromatic rings. The summed E-state index contributed by atoms with van der Waals surface area (Å²) in [6.45, 7) is 0.0102. The van der Waals surface area contributed by atoms with Crippen molar-refractivity contribution in [3.05, 3.63) is 37.9 Å². The average Bonchev–Trinajstić information content (AvgIpc) is 2.94. The molecule has 1 aromatic carbocycles. The maximum Gasteiger partial charge on any atom is 0.276 e. The summed E-state index contributed by atoms with van der Waals surface area (Å²) in [5.41, 5.74) is -0.916. The van der Waals surface area contributed by atoms with E-state index in [0.717, 1.165) is 19.3 Å². The van der Waals surface area contributed by atoms with Gasteiger partial charge in [-0.05, 0) is 18.9 Å². The van der Waals surface area contributed by atoms with Gasteiger partial charge in [-0.25, -0.2) is 0 Å². The van der Waals surface area contributed by atoms with Crippen LogP contribution in [0.1, 0.15) is 37.7 Å². The van der Waals surface area contributed by atoms with E-state index in [1.54, 1.807) is 0 Å². The van der Waals surface area contributed by atoms with Gasteiger partial charge in [0.2, 0.25) is 12.3 Å². The highest BCUT2D eigenvalue weighted by atomic mass is 16.7. The highest BCUT2D eigenvalue weighted by Gasteiger charge is 2.45. The summed E-state index contributed by atoms with van der Waals surface area (Å²) in [6, 6.07) is 2.81. The largest absolute Gasteiger partial charge is 0.454 e. The first-order valence-electron chi connectivity index (χ1n) is 7.23. The Kier molecular flexibility index (Phi) is 3.59. The van der Waals surface area contributed by atoms with Crippen molar-refractivity contribution in [3.63, 3.8) is 0 Å². The summed E-state index contributed by atoms with van der Waals surface area (Å²) in [7, 11) is 0. The molecule has 1 saturated carbocycles. The van der Waals surface area contributed by atoms with Gasteiger partial charge in [0.25, 0.3) is 5.69 Å². The van der Waals surface area contributed by atoms with Crippen LogP contribution in [-0.4, -0.2) is 22.2 Å². The standard InChI is InChI=1S/C14H16N2O6/c17-15(18)11-7-13-12(21-9-22-13)6-10(11)8-14(16(19)20)4-2-1-3-5-14/h6-7H,1-5,8-9H2. The van der Waals surface area contributed by atoms with E-state index >= 15 is 0 Å². The first-order valence-corrected chi connectivity index (χ1v) is 7.23. The normalized spacial score (nSPS) is 18.9. The lowest BCUT2D eigenvalue weighted by Gasteiger charge is -2.29. The molecule has 0 atom stereocenters. The number of fused-ring (bicyclic) bond motifs is 1. The van der Waals surface area contributed by atoms with Crippen LogP contribution in [0.5, 0.6) is 11.5 Å². The van der Waals surface area contributed by atoms with Crippen molar-refractivity contribution < 1.29 is 19.3 Å². The Labute approximate surface area is 126 Å². The van der Waals surface area contributed by atoms with E-state index in [2.05, 4.69) is 0 Å². The molecule has 0 amide bonds. The fourth-order valence-electron chi connectivity index (χ4n) is 3.27. The molecule has 8 nitrogen and oxygen atoms in total. The molecule has 0 unspecified atom stereocenters. The molecule has 1 aliphatic heterocycles. The van der Waals surface area contributed by atoms with Crippen molar-refractivity contribution in [2.75, 3.05) is 6.79 Å². The molecule has 22 heavy (non-hydrogen) atoms. The third-order valence-corrected chi connectivity index (χ3v) is 4.46. The lowest BCUT2D eigenvalue weighted by atomic mass is 9.77. The summed E-state index contributed by atoms with van der Waals surface area (Å²) in [5, 5.41) is 22.9. The number of ether oxygens (including phenoxy) is 2. The van der Waals surface area contributed by atoms with Gasteiger partial charge in [0, 0.05) is 29.7 Å². The number of nitrogens with zero attached hydrogens (tertiary/aromatic N) is 2. The molecule has 2 aliphatic rings. The van der Waals surface area contributed by atoms with Gasteiger partial charge in [-0.15, -0.1) is 0 Å². The first-order chi connectivity index (χ1) is 10.5. The van der Waals surface area contributed by atoms with Gasteiger partial charge in [-0.2, -0.15) is 0 Å². The monoisotopic (exact) mass is 308 g/mol. The quantitative estimate of drug-likeness (QED) is 0.625. The molecule has 0 aromatic heterocycles. The van der Waals surface area contributed by atoms with Crippen LogP contribution in [0.25, 0.3) is 0 Å². The molecular weight excluding hydrogens is 292 g/mol. The zero-order valence-electron chi connectivity index (χ0n) is 11.9. The number of rotatable bonds is 4. The van der Waals surface area contributed by atoms with E-state index in [1.165, 1.54) is 12.1 Å². The van der Waals surface area contributed by atoms with E-state index < -0.39 is 10.5 Å². The molecule has 1 fully saturated rings. The van der Waals surface area contributed by atoms with Gasteiger partial charge in [0.15, 0.2) is 11.5 Å². The first kappa shape index (κ1) is 14.6. The Hall–Kier alpha value is -2.38. The van der Waals surface area contributed by atoms with Gasteiger partial charge in [0.05, 0.1) is 11.0 Å². The second-order valence-electron chi connectivity index (χ2n) is 5.81. The van der Waals surface area contributed by atoms with Crippen molar-refractivity contribution >= 4 is 5.69 Å². The summed E-state index contributed by atoms with van der Waals surface area (Å²) in [6.07, 6.45) is 3.47. The van der Waals surface area contributed by atoms with E-state index in [9.17, 15) is 20.2 Å². The molecule has 118 valence electrons. The number of benzene rings is 1. The molecule has 3 rings (SSSR count). The van der Waals surface area contributed by atoms with Gasteiger partial charge in [0.1, 0.15) is 0 Å². The molecule has 0 N–H and O–H groups in total. The topological polar surface area (TPSA) is 105 Å². The second kappa shape index (κ2) is 5.43. The van der Waals surface area contributed by atoms with Gasteiger partial charge < -0.3 is 9.47 Å². The van der Waals surface area contributed by atoms with Crippen LogP contribution in [-0.2, 0) is 6.42 Å². The molecule has 0 spiro atoms. The van der Waals surface area contributed by atoms with Crippen LogP contribution in [0.4, 0.5) is 5.69 Å². The second-order valence-corrected chi connectivity index (χ2v) is 5.81. The number of hydrogen-bond donors (Lipinski definition) is 0. The Morgan fingerprint density at radius 1 is 1.05 bits per heavy atom. The molecular formula is C14H16N2O6. The zero-order valence-corrected chi connectivity index (χ0v) is 11.9. The SMILES string of the molecule is O=[N+]([O-])c1cc2c(cc1CC1([N+](=O)[O-])CCCCC1)OCO2. The minimum atomic E-state index is -1.11. The van der Waals surface area contributed by atoms with E-state index in [0.29, 0.717) is 29.9 Å². The highest BCUT2D eigenvalue weighted by molar-refractivity contribution is 5.55. The Morgan fingerprint density at radius 3 is 2.27 bits per heavy atom. The van der Waals surface area contributed by atoms with Crippen molar-refractivity contribution in [2.45, 2.75) is 44.1 Å². The minimum Gasteiger partial charge on any atom is -0.454 e. The maximum absolute atomic E-state index is 11.6. The smallest absolute Gasteiger partial charge is 0.276 e. The van der Waals surface area contributed by atoms with Crippen molar-refractivity contribution in [2.24, 2.45) is 0 Å². The van der Waals surface area contributed by atoms with E-state index in [-0.39, 0.29) is 23.8 Å². The van der Waals surface area contributed by atoms with Crippen molar-refractivity contribution in [1.29, 1.82) is 0 Å². The summed E-state index contributed by atoms with van der Waals surface area (Å²) in [4.78, 5) is 22.1. The fraction of sp³-hybridized carbons (Fsp3) is 0.571. The van der Waals surface area contributed by atoms with Crippen LogP contribution >= 0.6 is 0 Å². The highest BCUT2D eigenvalue weighted by Crippen LogP contribution is 2.41. The molecule has 1 heterocycles. The lowest BCUT2D eigenvalue weighted by molar-refractivity contribution is -0.574. The third kappa shape index (κ3) is 2.44. The van der Waals surface area contributed by atoms with Crippen LogP contribution in [0.15, 0.2) is 12.1 Å². The minimum absolute atomic E-state index is 0.0102. The van der Waals surface area contributed by atoms with Crippen LogP contribution < -0.4 is 9.47 Å². The lowest BCUT2D eigenvalue weighted by Crippen LogP contribution is -2.42. The van der Waals surface area contributed by atoms with E-state index in [1.807, 2.05) is 0 Å². The summed E-state index contributed by atoms with van der Waals surface area (Å²) >= 11 is 0. The van der Waals surface area contributed by atoms with Crippen LogP contribution in [0, 0.1) is 20.2 Å². The molecule has 0 radical (unpaired) electrons.